The minimum atomic E-state index is -0.742. The first kappa shape index (κ1) is 21.6. The standard InChI is InChI=1S/C23H29N3O4/c1-5-26(6-2)14-18-13-17(11-12-19(18)28-4)16(3)24-25-23(27)22-15-29-20-9-7-8-10-21(20)30-22/h7-13,22H,5-6,14-15H2,1-4H3,(H,25,27)/p+1/b24-16-/t22-/m1/s1. The van der Waals surface area contributed by atoms with Gasteiger partial charge in [-0.15, -0.1) is 0 Å². The third-order valence-corrected chi connectivity index (χ3v) is 5.27. The summed E-state index contributed by atoms with van der Waals surface area (Å²) in [6.45, 7) is 9.32. The molecular weight excluding hydrogens is 382 g/mol. The maximum absolute atomic E-state index is 12.5. The summed E-state index contributed by atoms with van der Waals surface area (Å²) in [7, 11) is 1.68. The number of methoxy groups -OCH3 is 1. The van der Waals surface area contributed by atoms with Crippen molar-refractivity contribution in [3.63, 3.8) is 0 Å². The van der Waals surface area contributed by atoms with Crippen LogP contribution >= 0.6 is 0 Å². The normalized spacial score (nSPS) is 15.8. The molecule has 0 unspecified atom stereocenters. The zero-order chi connectivity index (χ0) is 21.5. The van der Waals surface area contributed by atoms with Gasteiger partial charge in [0.25, 0.3) is 5.91 Å². The fraction of sp³-hybridized carbons (Fsp3) is 0.391. The Labute approximate surface area is 177 Å². The minimum absolute atomic E-state index is 0.150. The van der Waals surface area contributed by atoms with E-state index in [9.17, 15) is 4.79 Å². The molecule has 7 nitrogen and oxygen atoms in total. The quantitative estimate of drug-likeness (QED) is 0.512. The van der Waals surface area contributed by atoms with Gasteiger partial charge in [0.2, 0.25) is 6.10 Å². The highest BCUT2D eigenvalue weighted by molar-refractivity contribution is 5.99. The molecule has 0 aromatic heterocycles. The van der Waals surface area contributed by atoms with Crippen molar-refractivity contribution in [1.29, 1.82) is 0 Å². The van der Waals surface area contributed by atoms with Crippen molar-refractivity contribution in [3.05, 3.63) is 53.6 Å². The molecule has 2 aromatic carbocycles. The van der Waals surface area contributed by atoms with Crippen molar-refractivity contribution in [1.82, 2.24) is 5.43 Å². The number of carbonyl (C=O) groups excluding carboxylic acids is 1. The van der Waals surface area contributed by atoms with Gasteiger partial charge in [-0.3, -0.25) is 4.79 Å². The number of hydrazone groups is 1. The molecule has 0 fully saturated rings. The zero-order valence-corrected chi connectivity index (χ0v) is 18.0. The Kier molecular flexibility index (Phi) is 7.30. The molecule has 2 aromatic rings. The maximum atomic E-state index is 12.5. The Morgan fingerprint density at radius 3 is 2.63 bits per heavy atom. The Hall–Kier alpha value is -3.06. The topological polar surface area (TPSA) is 73.6 Å². The number of fused-ring (bicyclic) bond motifs is 1. The van der Waals surface area contributed by atoms with E-state index in [2.05, 4.69) is 30.4 Å². The maximum Gasteiger partial charge on any atom is 0.284 e. The molecule has 1 atom stereocenters. The predicted octanol–water partition coefficient (Wildman–Crippen LogP) is 1.80. The first-order valence-corrected chi connectivity index (χ1v) is 10.3. The summed E-state index contributed by atoms with van der Waals surface area (Å²) in [5, 5.41) is 4.28. The number of para-hydroxylation sites is 2. The van der Waals surface area contributed by atoms with Gasteiger partial charge in [-0.05, 0) is 56.7 Å². The number of nitrogens with zero attached hydrogens (tertiary/aromatic N) is 1. The monoisotopic (exact) mass is 412 g/mol. The number of hydrogen-bond donors (Lipinski definition) is 2. The van der Waals surface area contributed by atoms with Crippen molar-refractivity contribution >= 4 is 11.6 Å². The first-order chi connectivity index (χ1) is 14.5. The van der Waals surface area contributed by atoms with E-state index in [1.54, 1.807) is 13.2 Å². The number of ether oxygens (including phenoxy) is 3. The summed E-state index contributed by atoms with van der Waals surface area (Å²) in [5.74, 6) is 1.72. The van der Waals surface area contributed by atoms with Crippen molar-refractivity contribution in [2.75, 3.05) is 26.8 Å². The summed E-state index contributed by atoms with van der Waals surface area (Å²) >= 11 is 0. The van der Waals surface area contributed by atoms with Crippen LogP contribution in [0, 0.1) is 0 Å². The Balaban J connectivity index is 1.68. The summed E-state index contributed by atoms with van der Waals surface area (Å²) in [6.07, 6.45) is -0.742. The molecule has 160 valence electrons. The highest BCUT2D eigenvalue weighted by Gasteiger charge is 2.27. The van der Waals surface area contributed by atoms with Crippen molar-refractivity contribution in [2.45, 2.75) is 33.4 Å². The molecule has 0 saturated carbocycles. The van der Waals surface area contributed by atoms with E-state index in [1.165, 1.54) is 4.90 Å². The van der Waals surface area contributed by atoms with Crippen LogP contribution in [0.1, 0.15) is 31.9 Å². The van der Waals surface area contributed by atoms with Gasteiger partial charge in [0.15, 0.2) is 11.5 Å². The lowest BCUT2D eigenvalue weighted by Crippen LogP contribution is -3.10. The molecule has 2 N–H and O–H groups in total. The highest BCUT2D eigenvalue weighted by Crippen LogP contribution is 2.30. The predicted molar refractivity (Wildman–Crippen MR) is 115 cm³/mol. The molecule has 1 aliphatic heterocycles. The van der Waals surface area contributed by atoms with E-state index in [4.69, 9.17) is 14.2 Å². The molecule has 1 aliphatic rings. The van der Waals surface area contributed by atoms with E-state index in [-0.39, 0.29) is 12.5 Å². The molecule has 0 saturated heterocycles. The summed E-state index contributed by atoms with van der Waals surface area (Å²) in [5.41, 5.74) is 5.36. The number of carbonyl (C=O) groups is 1. The highest BCUT2D eigenvalue weighted by atomic mass is 16.6. The van der Waals surface area contributed by atoms with Crippen LogP contribution in [0.3, 0.4) is 0 Å². The van der Waals surface area contributed by atoms with Crippen molar-refractivity contribution in [3.8, 4) is 17.2 Å². The Bertz CT molecular complexity index is 909. The van der Waals surface area contributed by atoms with E-state index < -0.39 is 6.10 Å². The van der Waals surface area contributed by atoms with E-state index >= 15 is 0 Å². The molecule has 30 heavy (non-hydrogen) atoms. The summed E-state index contributed by atoms with van der Waals surface area (Å²) in [4.78, 5) is 13.9. The lowest BCUT2D eigenvalue weighted by Gasteiger charge is -2.24. The van der Waals surface area contributed by atoms with Crippen LogP contribution in [0.4, 0.5) is 0 Å². The summed E-state index contributed by atoms with van der Waals surface area (Å²) < 4.78 is 16.8. The van der Waals surface area contributed by atoms with Gasteiger partial charge in [-0.25, -0.2) is 5.43 Å². The molecule has 0 bridgehead atoms. The van der Waals surface area contributed by atoms with Crippen LogP contribution in [0.25, 0.3) is 0 Å². The second-order valence-corrected chi connectivity index (χ2v) is 7.20. The zero-order valence-electron chi connectivity index (χ0n) is 18.0. The van der Waals surface area contributed by atoms with Crippen molar-refractivity contribution < 1.29 is 23.9 Å². The number of hydrogen-bond acceptors (Lipinski definition) is 5. The van der Waals surface area contributed by atoms with Crippen LogP contribution < -0.4 is 24.5 Å². The molecule has 3 rings (SSSR count). The lowest BCUT2D eigenvalue weighted by molar-refractivity contribution is -0.910. The van der Waals surface area contributed by atoms with Crippen LogP contribution in [0.5, 0.6) is 17.2 Å². The third-order valence-electron chi connectivity index (χ3n) is 5.27. The third kappa shape index (κ3) is 5.10. The average Bonchev–Trinajstić information content (AvgIpc) is 2.80. The second kappa shape index (κ2) is 10.1. The van der Waals surface area contributed by atoms with Gasteiger partial charge >= 0.3 is 0 Å². The first-order valence-electron chi connectivity index (χ1n) is 10.3. The fourth-order valence-corrected chi connectivity index (χ4v) is 3.34. The van der Waals surface area contributed by atoms with Crippen LogP contribution in [0.15, 0.2) is 47.6 Å². The molecule has 7 heteroatoms. The summed E-state index contributed by atoms with van der Waals surface area (Å²) in [6, 6.07) is 13.3. The van der Waals surface area contributed by atoms with Crippen molar-refractivity contribution in [2.24, 2.45) is 5.10 Å². The largest absolute Gasteiger partial charge is 0.496 e. The van der Waals surface area contributed by atoms with Gasteiger partial charge in [0, 0.05) is 5.56 Å². The molecule has 0 spiro atoms. The second-order valence-electron chi connectivity index (χ2n) is 7.20. The van der Waals surface area contributed by atoms with E-state index in [1.807, 2.05) is 37.3 Å². The van der Waals surface area contributed by atoms with E-state index in [0.717, 1.165) is 36.5 Å². The van der Waals surface area contributed by atoms with Crippen LogP contribution in [0.2, 0.25) is 0 Å². The number of benzene rings is 2. The van der Waals surface area contributed by atoms with E-state index in [0.29, 0.717) is 17.2 Å². The molecule has 1 amide bonds. The Morgan fingerprint density at radius 2 is 1.93 bits per heavy atom. The number of nitrogens with one attached hydrogen (secondary N) is 2. The van der Waals surface area contributed by atoms with Gasteiger partial charge in [-0.1, -0.05) is 12.1 Å². The smallest absolute Gasteiger partial charge is 0.284 e. The number of rotatable bonds is 8. The fourth-order valence-electron chi connectivity index (χ4n) is 3.34. The van der Waals surface area contributed by atoms with Gasteiger partial charge in [-0.2, -0.15) is 5.10 Å². The van der Waals surface area contributed by atoms with Gasteiger partial charge in [0.1, 0.15) is 18.9 Å². The molecule has 1 heterocycles. The number of quaternary nitrogens is 1. The van der Waals surface area contributed by atoms with Crippen LogP contribution in [-0.4, -0.2) is 44.5 Å². The van der Waals surface area contributed by atoms with Gasteiger partial charge < -0.3 is 19.1 Å². The average molecular weight is 413 g/mol. The minimum Gasteiger partial charge on any atom is -0.496 e. The lowest BCUT2D eigenvalue weighted by atomic mass is 10.1. The molecule has 0 radical (unpaired) electrons. The molecule has 0 aliphatic carbocycles. The molecular formula is C23H30N3O4+. The number of amides is 1. The SMILES string of the molecule is CC[NH+](CC)Cc1cc(/C(C)=N\NC(=O)[C@H]2COc3ccccc3O2)ccc1OC. The van der Waals surface area contributed by atoms with Crippen LogP contribution in [-0.2, 0) is 11.3 Å². The Morgan fingerprint density at radius 1 is 1.20 bits per heavy atom. The van der Waals surface area contributed by atoms with Gasteiger partial charge in [0.05, 0.1) is 25.9 Å².